The zero-order valence-corrected chi connectivity index (χ0v) is 21.8. The summed E-state index contributed by atoms with van der Waals surface area (Å²) in [7, 11) is 1.65. The molecule has 5 nitrogen and oxygen atoms in total. The van der Waals surface area contributed by atoms with Crippen LogP contribution in [0.3, 0.4) is 0 Å². The Morgan fingerprint density at radius 1 is 0.943 bits per heavy atom. The molecule has 1 aromatic heterocycles. The summed E-state index contributed by atoms with van der Waals surface area (Å²) in [6.45, 7) is 0.242. The minimum atomic E-state index is 0.187. The number of methoxy groups -OCH3 is 1. The Bertz CT molecular complexity index is 1180. The summed E-state index contributed by atoms with van der Waals surface area (Å²) in [6, 6.07) is 12.0. The molecule has 0 unspecified atom stereocenters. The van der Waals surface area contributed by atoms with Gasteiger partial charge in [0.25, 0.3) is 0 Å². The van der Waals surface area contributed by atoms with Crippen molar-refractivity contribution in [3.63, 3.8) is 0 Å². The van der Waals surface area contributed by atoms with Crippen LogP contribution < -0.4 is 4.74 Å². The summed E-state index contributed by atoms with van der Waals surface area (Å²) in [5.41, 5.74) is 2.54. The second-order valence-electron chi connectivity index (χ2n) is 9.89. The molecule has 2 aromatic carbocycles. The quantitative estimate of drug-likeness (QED) is 0.342. The third-order valence-electron chi connectivity index (χ3n) is 7.65. The number of rotatable bonds is 6. The van der Waals surface area contributed by atoms with Crippen LogP contribution in [0.2, 0.25) is 10.0 Å². The fourth-order valence-corrected chi connectivity index (χ4v) is 6.18. The summed E-state index contributed by atoms with van der Waals surface area (Å²) in [4.78, 5) is 21.3. The van der Waals surface area contributed by atoms with Crippen LogP contribution in [0.4, 0.5) is 0 Å². The van der Waals surface area contributed by atoms with Crippen molar-refractivity contribution in [2.24, 2.45) is 0 Å². The van der Waals surface area contributed by atoms with Crippen LogP contribution in [0.15, 0.2) is 36.4 Å². The number of nitrogens with zero attached hydrogens (tertiary/aromatic N) is 3. The Kier molecular flexibility index (Phi) is 7.54. The van der Waals surface area contributed by atoms with Crippen molar-refractivity contribution >= 4 is 40.1 Å². The Morgan fingerprint density at radius 3 is 2.20 bits per heavy atom. The van der Waals surface area contributed by atoms with E-state index in [0.717, 1.165) is 48.0 Å². The Hall–Kier alpha value is -2.24. The Morgan fingerprint density at radius 2 is 1.60 bits per heavy atom. The van der Waals surface area contributed by atoms with E-state index in [9.17, 15) is 4.79 Å². The van der Waals surface area contributed by atoms with Gasteiger partial charge in [0.15, 0.2) is 0 Å². The first-order valence-corrected chi connectivity index (χ1v) is 13.6. The molecule has 0 aliphatic heterocycles. The van der Waals surface area contributed by atoms with Crippen LogP contribution in [0.25, 0.3) is 22.4 Å². The molecule has 0 atom stereocenters. The van der Waals surface area contributed by atoms with Crippen LogP contribution in [-0.2, 0) is 11.3 Å². The SMILES string of the molecule is COc1ccc2nc(-c3ccc(Cl)c(Cl)c3)n(CC(=O)N(C3CCCCC3)C3CCCCC3)c2c1. The third-order valence-corrected chi connectivity index (χ3v) is 8.39. The number of aromatic nitrogens is 2. The summed E-state index contributed by atoms with van der Waals surface area (Å²) in [5.74, 6) is 1.64. The first-order chi connectivity index (χ1) is 17.0. The fourth-order valence-electron chi connectivity index (χ4n) is 5.89. The summed E-state index contributed by atoms with van der Waals surface area (Å²) >= 11 is 12.5. The predicted octanol–water partition coefficient (Wildman–Crippen LogP) is 7.51. The average Bonchev–Trinajstić information content (AvgIpc) is 3.24. The highest BCUT2D eigenvalue weighted by molar-refractivity contribution is 6.42. The molecule has 0 saturated heterocycles. The highest BCUT2D eigenvalue weighted by Gasteiger charge is 2.33. The van der Waals surface area contributed by atoms with E-state index in [4.69, 9.17) is 32.9 Å². The van der Waals surface area contributed by atoms with Crippen molar-refractivity contribution in [1.29, 1.82) is 0 Å². The zero-order chi connectivity index (χ0) is 24.4. The Balaban J connectivity index is 1.55. The topological polar surface area (TPSA) is 47.4 Å². The van der Waals surface area contributed by atoms with Crippen molar-refractivity contribution in [2.75, 3.05) is 7.11 Å². The molecule has 0 N–H and O–H groups in total. The van der Waals surface area contributed by atoms with Gasteiger partial charge in [0.05, 0.1) is 28.2 Å². The van der Waals surface area contributed by atoms with Gasteiger partial charge in [0, 0.05) is 23.7 Å². The summed E-state index contributed by atoms with van der Waals surface area (Å²) < 4.78 is 7.52. The molecule has 186 valence electrons. The van der Waals surface area contributed by atoms with Crippen LogP contribution in [0, 0.1) is 0 Å². The van der Waals surface area contributed by atoms with Crippen molar-refractivity contribution in [2.45, 2.75) is 82.8 Å². The Labute approximate surface area is 217 Å². The van der Waals surface area contributed by atoms with E-state index in [2.05, 4.69) is 4.90 Å². The number of hydrogen-bond acceptors (Lipinski definition) is 3. The van der Waals surface area contributed by atoms with Gasteiger partial charge >= 0.3 is 0 Å². The molecule has 2 fully saturated rings. The molecular weight excluding hydrogens is 481 g/mol. The maximum atomic E-state index is 14.1. The van der Waals surface area contributed by atoms with E-state index in [1.165, 1.54) is 38.5 Å². The van der Waals surface area contributed by atoms with E-state index in [-0.39, 0.29) is 12.5 Å². The lowest BCUT2D eigenvalue weighted by Crippen LogP contribution is -2.50. The standard InChI is InChI=1S/C28H33Cl2N3O2/c1-35-22-13-15-25-26(17-22)32(28(31-25)19-12-14-23(29)24(30)16-19)18-27(34)33(20-8-4-2-5-9-20)21-10-6-3-7-11-21/h12-17,20-21H,2-11,18H2,1H3. The van der Waals surface area contributed by atoms with Gasteiger partial charge < -0.3 is 14.2 Å². The first kappa shape index (κ1) is 24.5. The molecule has 0 radical (unpaired) electrons. The number of carbonyl (C=O) groups is 1. The molecule has 5 rings (SSSR count). The van der Waals surface area contributed by atoms with Gasteiger partial charge in [0.1, 0.15) is 18.1 Å². The highest BCUT2D eigenvalue weighted by Crippen LogP contribution is 2.34. The van der Waals surface area contributed by atoms with Gasteiger partial charge in [-0.1, -0.05) is 61.7 Å². The predicted molar refractivity (Wildman–Crippen MR) is 142 cm³/mol. The molecule has 2 saturated carbocycles. The minimum absolute atomic E-state index is 0.187. The number of amides is 1. The van der Waals surface area contributed by atoms with Crippen molar-refractivity contribution in [3.05, 3.63) is 46.4 Å². The molecule has 35 heavy (non-hydrogen) atoms. The van der Waals surface area contributed by atoms with Crippen molar-refractivity contribution in [1.82, 2.24) is 14.5 Å². The summed E-state index contributed by atoms with van der Waals surface area (Å²) in [5, 5.41) is 0.967. The second-order valence-corrected chi connectivity index (χ2v) is 10.7. The zero-order valence-electron chi connectivity index (χ0n) is 20.3. The molecular formula is C28H33Cl2N3O2. The van der Waals surface area contributed by atoms with Crippen LogP contribution in [0.1, 0.15) is 64.2 Å². The average molecular weight is 514 g/mol. The van der Waals surface area contributed by atoms with Gasteiger partial charge in [-0.05, 0) is 56.0 Å². The number of imidazole rings is 1. The van der Waals surface area contributed by atoms with E-state index in [0.29, 0.717) is 28.0 Å². The number of ether oxygens (including phenoxy) is 1. The molecule has 0 spiro atoms. The molecule has 2 aliphatic carbocycles. The first-order valence-electron chi connectivity index (χ1n) is 12.9. The second kappa shape index (κ2) is 10.8. The van der Waals surface area contributed by atoms with E-state index in [1.54, 1.807) is 13.2 Å². The molecule has 0 bridgehead atoms. The maximum Gasteiger partial charge on any atom is 0.243 e. The van der Waals surface area contributed by atoms with Crippen LogP contribution >= 0.6 is 23.2 Å². The van der Waals surface area contributed by atoms with E-state index >= 15 is 0 Å². The lowest BCUT2D eigenvalue weighted by molar-refractivity contribution is -0.138. The number of fused-ring (bicyclic) bond motifs is 1. The van der Waals surface area contributed by atoms with E-state index < -0.39 is 0 Å². The lowest BCUT2D eigenvalue weighted by atomic mass is 9.88. The highest BCUT2D eigenvalue weighted by atomic mass is 35.5. The van der Waals surface area contributed by atoms with Crippen LogP contribution in [0.5, 0.6) is 5.75 Å². The van der Waals surface area contributed by atoms with Crippen molar-refractivity contribution in [3.8, 4) is 17.1 Å². The minimum Gasteiger partial charge on any atom is -0.497 e. The molecule has 1 heterocycles. The molecule has 7 heteroatoms. The molecule has 2 aliphatic rings. The molecule has 1 amide bonds. The molecule has 3 aromatic rings. The summed E-state index contributed by atoms with van der Waals surface area (Å²) in [6.07, 6.45) is 11.8. The number of carbonyl (C=O) groups excluding carboxylic acids is 1. The maximum absolute atomic E-state index is 14.1. The van der Waals surface area contributed by atoms with E-state index in [1.807, 2.05) is 34.9 Å². The lowest BCUT2D eigenvalue weighted by Gasteiger charge is -2.42. The largest absolute Gasteiger partial charge is 0.497 e. The van der Waals surface area contributed by atoms with Gasteiger partial charge in [-0.15, -0.1) is 0 Å². The number of halogens is 2. The third kappa shape index (κ3) is 5.17. The fraction of sp³-hybridized carbons (Fsp3) is 0.500. The van der Waals surface area contributed by atoms with Gasteiger partial charge in [0.2, 0.25) is 5.91 Å². The monoisotopic (exact) mass is 513 g/mol. The van der Waals surface area contributed by atoms with Crippen LogP contribution in [-0.4, -0.2) is 39.6 Å². The van der Waals surface area contributed by atoms with Gasteiger partial charge in [-0.3, -0.25) is 4.79 Å². The van der Waals surface area contributed by atoms with Gasteiger partial charge in [-0.25, -0.2) is 4.98 Å². The number of benzene rings is 2. The number of hydrogen-bond donors (Lipinski definition) is 0. The smallest absolute Gasteiger partial charge is 0.243 e. The normalized spacial score (nSPS) is 17.6. The van der Waals surface area contributed by atoms with Gasteiger partial charge in [-0.2, -0.15) is 0 Å². The van der Waals surface area contributed by atoms with Crippen molar-refractivity contribution < 1.29 is 9.53 Å².